The van der Waals surface area contributed by atoms with Gasteiger partial charge in [-0.15, -0.1) is 0 Å². The van der Waals surface area contributed by atoms with E-state index >= 15 is 0 Å². The van der Waals surface area contributed by atoms with Crippen molar-refractivity contribution >= 4 is 27.4 Å². The van der Waals surface area contributed by atoms with Gasteiger partial charge in [0.05, 0.1) is 16.9 Å². The molecule has 1 aromatic carbocycles. The Bertz CT molecular complexity index is 832. The average Bonchev–Trinajstić information content (AvgIpc) is 2.83. The first-order chi connectivity index (χ1) is 11.3. The van der Waals surface area contributed by atoms with Crippen LogP contribution in [0.25, 0.3) is 0 Å². The lowest BCUT2D eigenvalue weighted by Crippen LogP contribution is -2.61. The van der Waals surface area contributed by atoms with Gasteiger partial charge in [-0.3, -0.25) is 10.1 Å². The number of ether oxygens (including phenoxy) is 1. The number of nitro benzene ring substituents is 1. The number of carbonyl (C=O) groups excluding carboxylic acids is 1. The molecule has 0 saturated carbocycles. The fourth-order valence-corrected chi connectivity index (χ4v) is 3.13. The molecule has 1 aliphatic heterocycles. The van der Waals surface area contributed by atoms with E-state index in [1.165, 1.54) is 19.2 Å². The lowest BCUT2D eigenvalue weighted by molar-refractivity contribution is -0.384. The lowest BCUT2D eigenvalue weighted by atomic mass is 9.99. The predicted molar refractivity (Wildman–Crippen MR) is 90.0 cm³/mol. The van der Waals surface area contributed by atoms with Gasteiger partial charge in [-0.05, 0) is 26.8 Å². The van der Waals surface area contributed by atoms with Gasteiger partial charge in [0.25, 0.3) is 5.69 Å². The van der Waals surface area contributed by atoms with Crippen molar-refractivity contribution in [3.05, 3.63) is 33.9 Å². The van der Waals surface area contributed by atoms with Crippen molar-refractivity contribution in [2.24, 2.45) is 0 Å². The molecular formula is C14H20N4O6S. The van der Waals surface area contributed by atoms with Gasteiger partial charge in [-0.1, -0.05) is 0 Å². The van der Waals surface area contributed by atoms with Crippen LogP contribution in [-0.2, 0) is 25.2 Å². The Morgan fingerprint density at radius 3 is 2.44 bits per heavy atom. The van der Waals surface area contributed by atoms with Crippen LogP contribution in [0.5, 0.6) is 0 Å². The molecule has 1 aliphatic rings. The number of carbonyl (C=O) groups is 1. The topological polar surface area (TPSA) is 131 Å². The van der Waals surface area contributed by atoms with Crippen LogP contribution in [0, 0.1) is 10.1 Å². The molecule has 10 nitrogen and oxygen atoms in total. The molecule has 0 aliphatic carbocycles. The highest BCUT2D eigenvalue weighted by Crippen LogP contribution is 2.40. The van der Waals surface area contributed by atoms with Gasteiger partial charge >= 0.3 is 5.97 Å². The largest absolute Gasteiger partial charge is 0.457 e. The Morgan fingerprint density at radius 2 is 1.96 bits per heavy atom. The quantitative estimate of drug-likeness (QED) is 0.453. The van der Waals surface area contributed by atoms with E-state index in [2.05, 4.69) is 10.9 Å². The maximum atomic E-state index is 12.9. The first-order valence-corrected chi connectivity index (χ1v) is 9.13. The second kappa shape index (κ2) is 5.93. The number of nitro groups is 1. The molecule has 1 atom stereocenters. The molecule has 0 amide bonds. The maximum Gasteiger partial charge on any atom is 0.349 e. The summed E-state index contributed by atoms with van der Waals surface area (Å²) in [6.07, 6.45) is 0.927. The zero-order chi connectivity index (χ0) is 19.2. The molecule has 0 aromatic heterocycles. The Labute approximate surface area is 145 Å². The van der Waals surface area contributed by atoms with Crippen LogP contribution in [0.15, 0.2) is 18.2 Å². The molecule has 2 N–H and O–H groups in total. The summed E-state index contributed by atoms with van der Waals surface area (Å²) in [5, 5.41) is 11.1. The van der Waals surface area contributed by atoms with Gasteiger partial charge in [0, 0.05) is 24.7 Å². The predicted octanol–water partition coefficient (Wildman–Crippen LogP) is 0.911. The monoisotopic (exact) mass is 372 g/mol. The van der Waals surface area contributed by atoms with Crippen LogP contribution in [0.3, 0.4) is 0 Å². The zero-order valence-corrected chi connectivity index (χ0v) is 15.3. The first-order valence-electron chi connectivity index (χ1n) is 7.28. The number of esters is 1. The van der Waals surface area contributed by atoms with Crippen LogP contribution in [-0.4, -0.2) is 42.5 Å². The molecule has 0 bridgehead atoms. The number of nitrogens with one attached hydrogen (secondary N) is 2. The average molecular weight is 372 g/mol. The number of fused-ring (bicyclic) bond motifs is 1. The maximum absolute atomic E-state index is 12.9. The summed E-state index contributed by atoms with van der Waals surface area (Å²) in [5.74, 6) is -0.903. The minimum Gasteiger partial charge on any atom is -0.457 e. The van der Waals surface area contributed by atoms with Gasteiger partial charge < -0.3 is 10.2 Å². The number of rotatable bonds is 4. The highest BCUT2D eigenvalue weighted by atomic mass is 32.2. The van der Waals surface area contributed by atoms with Gasteiger partial charge in [0.15, 0.2) is 0 Å². The number of nitrogens with zero attached hydrogens (tertiary/aromatic N) is 2. The van der Waals surface area contributed by atoms with Crippen molar-refractivity contribution < 1.29 is 22.9 Å². The van der Waals surface area contributed by atoms with Crippen LogP contribution < -0.4 is 10.9 Å². The molecule has 0 saturated heterocycles. The molecule has 1 heterocycles. The second-order valence-corrected chi connectivity index (χ2v) is 8.69. The van der Waals surface area contributed by atoms with Crippen LogP contribution in [0.4, 0.5) is 11.4 Å². The van der Waals surface area contributed by atoms with E-state index in [0.717, 1.165) is 16.6 Å². The molecule has 1 unspecified atom stereocenters. The van der Waals surface area contributed by atoms with Crippen LogP contribution in [0.1, 0.15) is 26.3 Å². The summed E-state index contributed by atoms with van der Waals surface area (Å²) in [6, 6.07) is 3.79. The number of benzene rings is 1. The smallest absolute Gasteiger partial charge is 0.349 e. The Kier molecular flexibility index (Phi) is 4.53. The molecule has 138 valence electrons. The van der Waals surface area contributed by atoms with E-state index in [1.807, 2.05) is 0 Å². The standard InChI is InChI=1S/C14H20N4O6S/c1-13(2,3)24-12(19)14(17(4)25(5,22)23)10-8-9(18(20)21)6-7-11(10)15-16-14/h6-8,15-16H,1-5H3. The van der Waals surface area contributed by atoms with E-state index in [1.54, 1.807) is 20.8 Å². The van der Waals surface area contributed by atoms with Crippen molar-refractivity contribution in [1.29, 1.82) is 0 Å². The zero-order valence-electron chi connectivity index (χ0n) is 14.5. The summed E-state index contributed by atoms with van der Waals surface area (Å²) in [4.78, 5) is 23.4. The second-order valence-electron chi connectivity index (χ2n) is 6.68. The number of sulfonamides is 1. The highest BCUT2D eigenvalue weighted by Gasteiger charge is 2.55. The molecule has 0 spiro atoms. The fraction of sp³-hybridized carbons (Fsp3) is 0.500. The van der Waals surface area contributed by atoms with Crippen molar-refractivity contribution in [3.63, 3.8) is 0 Å². The highest BCUT2D eigenvalue weighted by molar-refractivity contribution is 7.88. The van der Waals surface area contributed by atoms with Gasteiger partial charge in [-0.25, -0.2) is 18.6 Å². The summed E-state index contributed by atoms with van der Waals surface area (Å²) in [6.45, 7) is 4.90. The van der Waals surface area contributed by atoms with E-state index in [-0.39, 0.29) is 11.3 Å². The molecule has 11 heteroatoms. The third-order valence-corrected chi connectivity index (χ3v) is 4.91. The van der Waals surface area contributed by atoms with Crippen LogP contribution in [0.2, 0.25) is 0 Å². The summed E-state index contributed by atoms with van der Waals surface area (Å²) in [5.41, 5.74) is 2.61. The number of hydrogen-bond donors (Lipinski definition) is 2. The van der Waals surface area contributed by atoms with Gasteiger partial charge in [0.2, 0.25) is 15.7 Å². The number of hydrogen-bond acceptors (Lipinski definition) is 8. The molecule has 2 rings (SSSR count). The Hall–Kier alpha value is -2.24. The normalized spacial score (nSPS) is 20.1. The minimum absolute atomic E-state index is 0.0869. The van der Waals surface area contributed by atoms with Gasteiger partial charge in [0.1, 0.15) is 5.60 Å². The number of anilines is 1. The minimum atomic E-state index is -3.86. The third-order valence-electron chi connectivity index (χ3n) is 3.65. The first kappa shape index (κ1) is 19.1. The van der Waals surface area contributed by atoms with Gasteiger partial charge in [-0.2, -0.15) is 4.31 Å². The number of non-ortho nitro benzene ring substituents is 1. The summed E-state index contributed by atoms with van der Waals surface area (Å²) in [7, 11) is -2.66. The van der Waals surface area contributed by atoms with E-state index in [9.17, 15) is 23.3 Å². The van der Waals surface area contributed by atoms with E-state index < -0.39 is 32.2 Å². The summed E-state index contributed by atoms with van der Waals surface area (Å²) < 4.78 is 30.4. The Balaban J connectivity index is 2.70. The van der Waals surface area contributed by atoms with Crippen LogP contribution >= 0.6 is 0 Å². The number of likely N-dealkylation sites (N-methyl/N-ethyl adjacent to an activating group) is 1. The van der Waals surface area contributed by atoms with Crippen molar-refractivity contribution in [1.82, 2.24) is 9.73 Å². The molecule has 25 heavy (non-hydrogen) atoms. The molecule has 0 fully saturated rings. The third kappa shape index (κ3) is 3.43. The van der Waals surface area contributed by atoms with Crippen molar-refractivity contribution in [2.45, 2.75) is 32.0 Å². The van der Waals surface area contributed by atoms with Crippen molar-refractivity contribution in [3.8, 4) is 0 Å². The Morgan fingerprint density at radius 1 is 1.36 bits per heavy atom. The number of hydrazine groups is 1. The molecule has 1 aromatic rings. The van der Waals surface area contributed by atoms with E-state index in [0.29, 0.717) is 5.69 Å². The fourth-order valence-electron chi connectivity index (χ4n) is 2.42. The lowest BCUT2D eigenvalue weighted by Gasteiger charge is -2.36. The molecule has 0 radical (unpaired) electrons. The molecular weight excluding hydrogens is 352 g/mol. The SMILES string of the molecule is CN(C1(C(=O)OC(C)(C)C)NNc2ccc([N+](=O)[O-])cc21)S(C)(=O)=O. The van der Waals surface area contributed by atoms with E-state index in [4.69, 9.17) is 4.74 Å². The summed E-state index contributed by atoms with van der Waals surface area (Å²) >= 11 is 0. The van der Waals surface area contributed by atoms with Crippen molar-refractivity contribution in [2.75, 3.05) is 18.7 Å².